The monoisotopic (exact) mass is 449 g/mol. The molecule has 0 radical (unpaired) electrons. The van der Waals surface area contributed by atoms with E-state index in [1.54, 1.807) is 31.2 Å². The molecule has 1 aromatic heterocycles. The Kier molecular flexibility index (Phi) is 8.32. The maximum absolute atomic E-state index is 12.4. The maximum atomic E-state index is 12.4. The van der Waals surface area contributed by atoms with Gasteiger partial charge in [0.25, 0.3) is 11.8 Å². The Balaban J connectivity index is 2.21. The molecule has 11 nitrogen and oxygen atoms in total. The highest BCUT2D eigenvalue weighted by Crippen LogP contribution is 2.30. The zero-order chi connectivity index (χ0) is 23.0. The molecule has 166 valence electrons. The molecule has 2 rings (SSSR count). The van der Waals surface area contributed by atoms with Crippen LogP contribution in [0.2, 0.25) is 0 Å². The molecule has 0 bridgehead atoms. The number of nitrogens with one attached hydrogen (secondary N) is 3. The largest absolute Gasteiger partial charge is 0.495 e. The second kappa shape index (κ2) is 10.9. The number of para-hydroxylation sites is 2. The molecule has 31 heavy (non-hydrogen) atoms. The van der Waals surface area contributed by atoms with Crippen LogP contribution in [0.4, 0.5) is 11.5 Å². The summed E-state index contributed by atoms with van der Waals surface area (Å²) < 4.78 is 10.0. The van der Waals surface area contributed by atoms with Crippen molar-refractivity contribution >= 4 is 47.0 Å². The molecular weight excluding hydrogens is 426 g/mol. The SMILES string of the molecule is CCOC(=O)CSc1[nH]c(NC(=O)CNc2ccccc2OC)c(C(N)=O)c1C(N)=O. The second-order valence-electron chi connectivity index (χ2n) is 6.00. The van der Waals surface area contributed by atoms with Crippen LogP contribution in [0.25, 0.3) is 0 Å². The van der Waals surface area contributed by atoms with Crippen molar-refractivity contribution in [2.24, 2.45) is 11.5 Å². The summed E-state index contributed by atoms with van der Waals surface area (Å²) in [6.45, 7) is 1.68. The van der Waals surface area contributed by atoms with Crippen molar-refractivity contribution in [3.05, 3.63) is 35.4 Å². The Morgan fingerprint density at radius 3 is 2.39 bits per heavy atom. The Hall–Kier alpha value is -3.67. The van der Waals surface area contributed by atoms with Crippen LogP contribution >= 0.6 is 11.8 Å². The van der Waals surface area contributed by atoms with E-state index in [1.165, 1.54) is 7.11 Å². The van der Waals surface area contributed by atoms with Crippen molar-refractivity contribution in [1.29, 1.82) is 0 Å². The van der Waals surface area contributed by atoms with Crippen molar-refractivity contribution in [1.82, 2.24) is 4.98 Å². The van der Waals surface area contributed by atoms with E-state index in [0.29, 0.717) is 11.4 Å². The molecule has 0 aliphatic rings. The number of carbonyl (C=O) groups is 4. The summed E-state index contributed by atoms with van der Waals surface area (Å²) in [4.78, 5) is 50.6. The number of methoxy groups -OCH3 is 1. The minimum Gasteiger partial charge on any atom is -0.495 e. The average molecular weight is 449 g/mol. The summed E-state index contributed by atoms with van der Waals surface area (Å²) in [5, 5.41) is 5.51. The van der Waals surface area contributed by atoms with E-state index in [0.717, 1.165) is 11.8 Å². The Labute approximate surface area is 182 Å². The zero-order valence-corrected chi connectivity index (χ0v) is 17.8. The molecule has 0 atom stereocenters. The van der Waals surface area contributed by atoms with Crippen LogP contribution in [0.15, 0.2) is 29.3 Å². The molecule has 12 heteroatoms. The predicted molar refractivity (Wildman–Crippen MR) is 115 cm³/mol. The van der Waals surface area contributed by atoms with E-state index >= 15 is 0 Å². The number of thioether (sulfide) groups is 1. The number of anilines is 2. The number of hydrogen-bond donors (Lipinski definition) is 5. The van der Waals surface area contributed by atoms with Gasteiger partial charge in [-0.15, -0.1) is 0 Å². The summed E-state index contributed by atoms with van der Waals surface area (Å²) in [7, 11) is 1.50. The molecule has 1 heterocycles. The number of aromatic nitrogens is 1. The number of carbonyl (C=O) groups excluding carboxylic acids is 4. The molecule has 0 saturated carbocycles. The molecule has 7 N–H and O–H groups in total. The fourth-order valence-corrected chi connectivity index (χ4v) is 3.51. The van der Waals surface area contributed by atoms with Gasteiger partial charge in [0.1, 0.15) is 11.6 Å². The molecule has 2 aromatic rings. The van der Waals surface area contributed by atoms with Gasteiger partial charge in [0.2, 0.25) is 5.91 Å². The van der Waals surface area contributed by atoms with Crippen LogP contribution in [0.5, 0.6) is 5.75 Å². The second-order valence-corrected chi connectivity index (χ2v) is 6.99. The maximum Gasteiger partial charge on any atom is 0.316 e. The lowest BCUT2D eigenvalue weighted by Crippen LogP contribution is -2.25. The van der Waals surface area contributed by atoms with Crippen LogP contribution in [0.1, 0.15) is 27.6 Å². The topological polar surface area (TPSA) is 179 Å². The van der Waals surface area contributed by atoms with Crippen LogP contribution in [-0.4, -0.2) is 54.7 Å². The zero-order valence-electron chi connectivity index (χ0n) is 16.9. The summed E-state index contributed by atoms with van der Waals surface area (Å²) in [6.07, 6.45) is 0. The minimum absolute atomic E-state index is 0.0977. The van der Waals surface area contributed by atoms with Crippen molar-refractivity contribution in [2.75, 3.05) is 36.6 Å². The number of ether oxygens (including phenoxy) is 2. The standard InChI is InChI=1S/C19H23N5O6S/c1-3-30-13(26)9-31-19-15(17(21)28)14(16(20)27)18(24-19)23-12(25)8-22-10-6-4-5-7-11(10)29-2/h4-7,22,24H,3,8-9H2,1-2H3,(H2,20,27)(H2,21,28)(H,23,25). The number of rotatable bonds is 11. The van der Waals surface area contributed by atoms with Gasteiger partial charge >= 0.3 is 5.97 Å². The third kappa shape index (κ3) is 6.15. The van der Waals surface area contributed by atoms with Crippen molar-refractivity contribution in [3.63, 3.8) is 0 Å². The number of amides is 3. The lowest BCUT2D eigenvalue weighted by molar-refractivity contribution is -0.139. The normalized spacial score (nSPS) is 10.3. The molecular formula is C19H23N5O6S. The molecule has 0 spiro atoms. The van der Waals surface area contributed by atoms with E-state index in [9.17, 15) is 19.2 Å². The van der Waals surface area contributed by atoms with Crippen LogP contribution < -0.4 is 26.8 Å². The van der Waals surface area contributed by atoms with Gasteiger partial charge in [0, 0.05) is 0 Å². The fraction of sp³-hybridized carbons (Fsp3) is 0.263. The molecule has 3 amide bonds. The van der Waals surface area contributed by atoms with E-state index < -0.39 is 23.7 Å². The fourth-order valence-electron chi connectivity index (χ4n) is 2.64. The number of H-pyrrole nitrogens is 1. The number of aromatic amines is 1. The number of benzene rings is 1. The van der Waals surface area contributed by atoms with Gasteiger partial charge in [-0.1, -0.05) is 23.9 Å². The van der Waals surface area contributed by atoms with Crippen LogP contribution in [0, 0.1) is 0 Å². The highest BCUT2D eigenvalue weighted by molar-refractivity contribution is 8.00. The highest BCUT2D eigenvalue weighted by atomic mass is 32.2. The van der Waals surface area contributed by atoms with Gasteiger partial charge in [-0.2, -0.15) is 0 Å². The summed E-state index contributed by atoms with van der Waals surface area (Å²) in [6, 6.07) is 7.00. The smallest absolute Gasteiger partial charge is 0.316 e. The molecule has 0 aliphatic carbocycles. The van der Waals surface area contributed by atoms with Gasteiger partial charge in [-0.05, 0) is 19.1 Å². The van der Waals surface area contributed by atoms with E-state index in [-0.39, 0.29) is 40.9 Å². The summed E-state index contributed by atoms with van der Waals surface area (Å²) in [5.41, 5.74) is 10.9. The number of primary amides is 2. The third-order valence-corrected chi connectivity index (χ3v) is 4.88. The van der Waals surface area contributed by atoms with Gasteiger partial charge in [0.05, 0.1) is 47.9 Å². The highest BCUT2D eigenvalue weighted by Gasteiger charge is 2.27. The number of esters is 1. The number of nitrogens with two attached hydrogens (primary N) is 2. The summed E-state index contributed by atoms with van der Waals surface area (Å²) >= 11 is 0.896. The number of hydrogen-bond acceptors (Lipinski definition) is 8. The molecule has 0 aliphatic heterocycles. The Morgan fingerprint density at radius 2 is 1.77 bits per heavy atom. The van der Waals surface area contributed by atoms with Crippen molar-refractivity contribution in [3.8, 4) is 5.75 Å². The van der Waals surface area contributed by atoms with Crippen molar-refractivity contribution < 1.29 is 28.7 Å². The first-order chi connectivity index (χ1) is 14.8. The van der Waals surface area contributed by atoms with Gasteiger partial charge in [0.15, 0.2) is 0 Å². The lowest BCUT2D eigenvalue weighted by atomic mass is 10.1. The van der Waals surface area contributed by atoms with Gasteiger partial charge in [-0.25, -0.2) is 0 Å². The van der Waals surface area contributed by atoms with E-state index in [4.69, 9.17) is 20.9 Å². The predicted octanol–water partition coefficient (Wildman–Crippen LogP) is 0.927. The molecule has 0 unspecified atom stereocenters. The van der Waals surface area contributed by atoms with Crippen LogP contribution in [0.3, 0.4) is 0 Å². The summed E-state index contributed by atoms with van der Waals surface area (Å²) in [5.74, 6) is -2.67. The first-order valence-electron chi connectivity index (χ1n) is 9.09. The van der Waals surface area contributed by atoms with Crippen LogP contribution in [-0.2, 0) is 14.3 Å². The van der Waals surface area contributed by atoms with Gasteiger partial charge in [-0.3, -0.25) is 19.2 Å². The molecule has 0 saturated heterocycles. The minimum atomic E-state index is -0.971. The third-order valence-electron chi connectivity index (χ3n) is 3.91. The molecule has 1 aromatic carbocycles. The Morgan fingerprint density at radius 1 is 1.10 bits per heavy atom. The lowest BCUT2D eigenvalue weighted by Gasteiger charge is -2.11. The Bertz CT molecular complexity index is 990. The average Bonchev–Trinajstić information content (AvgIpc) is 3.09. The van der Waals surface area contributed by atoms with Crippen molar-refractivity contribution in [2.45, 2.75) is 11.9 Å². The van der Waals surface area contributed by atoms with E-state index in [1.807, 2.05) is 0 Å². The first kappa shape index (κ1) is 23.6. The van der Waals surface area contributed by atoms with Gasteiger partial charge < -0.3 is 36.6 Å². The first-order valence-corrected chi connectivity index (χ1v) is 10.1. The quantitative estimate of drug-likeness (QED) is 0.248. The van der Waals surface area contributed by atoms with E-state index in [2.05, 4.69) is 15.6 Å². The molecule has 0 fully saturated rings.